The third-order valence-corrected chi connectivity index (χ3v) is 3.74. The average Bonchev–Trinajstić information content (AvgIpc) is 2.25. The van der Waals surface area contributed by atoms with E-state index in [9.17, 15) is 4.39 Å². The molecule has 14 heavy (non-hydrogen) atoms. The first kappa shape index (κ1) is 11.8. The summed E-state index contributed by atoms with van der Waals surface area (Å²) in [7, 11) is 0. The van der Waals surface area contributed by atoms with Crippen molar-refractivity contribution in [1.29, 1.82) is 0 Å². The van der Waals surface area contributed by atoms with E-state index in [0.717, 1.165) is 12.8 Å². The first-order valence-corrected chi connectivity index (χ1v) is 6.18. The Morgan fingerprint density at radius 2 is 2.29 bits per heavy atom. The normalized spacial score (nSPS) is 23.1. The second-order valence-corrected chi connectivity index (χ2v) is 5.69. The van der Waals surface area contributed by atoms with Gasteiger partial charge in [-0.1, -0.05) is 23.8 Å². The molecule has 0 saturated heterocycles. The highest BCUT2D eigenvalue weighted by Gasteiger charge is 2.18. The Balaban J connectivity index is 2.42. The summed E-state index contributed by atoms with van der Waals surface area (Å²) in [5, 5.41) is 0.486. The molecule has 0 aromatic rings. The molecule has 0 fully saturated rings. The lowest BCUT2D eigenvalue weighted by atomic mass is 10.2. The van der Waals surface area contributed by atoms with Crippen LogP contribution in [0.15, 0.2) is 23.8 Å². The quantitative estimate of drug-likeness (QED) is 0.680. The van der Waals surface area contributed by atoms with Crippen molar-refractivity contribution < 1.29 is 4.39 Å². The molecule has 1 unspecified atom stereocenters. The highest BCUT2D eigenvalue weighted by molar-refractivity contribution is 8.00. The maximum atomic E-state index is 13.3. The van der Waals surface area contributed by atoms with E-state index in [-0.39, 0.29) is 0 Å². The second kappa shape index (κ2) is 5.01. The zero-order valence-electron chi connectivity index (χ0n) is 9.22. The van der Waals surface area contributed by atoms with E-state index < -0.39 is 5.67 Å². The molecule has 0 saturated carbocycles. The van der Waals surface area contributed by atoms with Crippen LogP contribution in [0.2, 0.25) is 0 Å². The monoisotopic (exact) mass is 214 g/mol. The molecule has 0 aliphatic heterocycles. The van der Waals surface area contributed by atoms with Gasteiger partial charge in [0.1, 0.15) is 5.67 Å². The summed E-state index contributed by atoms with van der Waals surface area (Å²) >= 11 is 1.73. The highest BCUT2D eigenvalue weighted by Crippen LogP contribution is 2.27. The molecule has 80 valence electrons. The van der Waals surface area contributed by atoms with Crippen LogP contribution in [0.5, 0.6) is 0 Å². The van der Waals surface area contributed by atoms with Crippen LogP contribution in [0, 0.1) is 0 Å². The van der Waals surface area contributed by atoms with Gasteiger partial charge in [0.2, 0.25) is 0 Å². The first-order chi connectivity index (χ1) is 6.47. The minimum absolute atomic E-state index is 0.486. The van der Waals surface area contributed by atoms with E-state index in [1.54, 1.807) is 25.6 Å². The zero-order chi connectivity index (χ0) is 10.6. The van der Waals surface area contributed by atoms with Gasteiger partial charge < -0.3 is 0 Å². The molecular weight excluding hydrogens is 195 g/mol. The molecule has 0 bridgehead atoms. The van der Waals surface area contributed by atoms with E-state index in [2.05, 4.69) is 25.2 Å². The van der Waals surface area contributed by atoms with Crippen LogP contribution in [0.25, 0.3) is 0 Å². The molecule has 0 aromatic carbocycles. The van der Waals surface area contributed by atoms with Crippen molar-refractivity contribution in [3.63, 3.8) is 0 Å². The summed E-state index contributed by atoms with van der Waals surface area (Å²) < 4.78 is 13.3. The Morgan fingerprint density at radius 3 is 2.93 bits per heavy atom. The first-order valence-electron chi connectivity index (χ1n) is 5.13. The van der Waals surface area contributed by atoms with Gasteiger partial charge in [-0.25, -0.2) is 4.39 Å². The van der Waals surface area contributed by atoms with Crippen molar-refractivity contribution in [2.45, 2.75) is 44.5 Å². The topological polar surface area (TPSA) is 0 Å². The molecule has 0 nitrogen and oxygen atoms in total. The molecule has 2 heteroatoms. The van der Waals surface area contributed by atoms with Crippen molar-refractivity contribution in [1.82, 2.24) is 0 Å². The number of rotatable bonds is 3. The minimum atomic E-state index is -1.05. The van der Waals surface area contributed by atoms with Crippen LogP contribution < -0.4 is 0 Å². The number of hydrogen-bond acceptors (Lipinski definition) is 1. The fourth-order valence-electron chi connectivity index (χ4n) is 1.40. The fourth-order valence-corrected chi connectivity index (χ4v) is 2.62. The van der Waals surface area contributed by atoms with Gasteiger partial charge in [-0.15, -0.1) is 0 Å². The highest BCUT2D eigenvalue weighted by atomic mass is 32.2. The van der Waals surface area contributed by atoms with Crippen LogP contribution in [-0.2, 0) is 0 Å². The molecule has 0 N–H and O–H groups in total. The van der Waals surface area contributed by atoms with Gasteiger partial charge >= 0.3 is 0 Å². The van der Waals surface area contributed by atoms with Gasteiger partial charge in [0.25, 0.3) is 0 Å². The Kier molecular flexibility index (Phi) is 4.24. The van der Waals surface area contributed by atoms with E-state index >= 15 is 0 Å². The largest absolute Gasteiger partial charge is 0.244 e. The van der Waals surface area contributed by atoms with Crippen molar-refractivity contribution in [2.75, 3.05) is 5.75 Å². The maximum absolute atomic E-state index is 13.3. The third-order valence-electron chi connectivity index (χ3n) is 2.09. The Labute approximate surface area is 90.7 Å². The second-order valence-electron chi connectivity index (χ2n) is 4.46. The van der Waals surface area contributed by atoms with E-state index in [4.69, 9.17) is 0 Å². The number of hydrogen-bond donors (Lipinski definition) is 0. The lowest BCUT2D eigenvalue weighted by Gasteiger charge is -2.17. The Morgan fingerprint density at radius 1 is 1.57 bits per heavy atom. The van der Waals surface area contributed by atoms with Gasteiger partial charge in [0.15, 0.2) is 0 Å². The zero-order valence-corrected chi connectivity index (χ0v) is 10.0. The summed E-state index contributed by atoms with van der Waals surface area (Å²) in [5.74, 6) is 0.585. The van der Waals surface area contributed by atoms with Crippen LogP contribution in [0.4, 0.5) is 4.39 Å². The van der Waals surface area contributed by atoms with Crippen molar-refractivity contribution >= 4 is 11.8 Å². The van der Waals surface area contributed by atoms with Gasteiger partial charge in [-0.3, -0.25) is 0 Å². The summed E-state index contributed by atoms with van der Waals surface area (Å²) in [5.41, 5.74) is 0.253. The van der Waals surface area contributed by atoms with Crippen LogP contribution in [0.1, 0.15) is 33.6 Å². The molecule has 0 radical (unpaired) electrons. The van der Waals surface area contributed by atoms with Crippen molar-refractivity contribution in [3.8, 4) is 0 Å². The van der Waals surface area contributed by atoms with Crippen LogP contribution >= 0.6 is 11.8 Å². The molecule has 0 amide bonds. The summed E-state index contributed by atoms with van der Waals surface area (Å²) in [6.07, 6.45) is 8.85. The number of allylic oxidation sites excluding steroid dienone is 3. The molecule has 0 spiro atoms. The van der Waals surface area contributed by atoms with Crippen LogP contribution in [0.3, 0.4) is 0 Å². The predicted molar refractivity (Wildman–Crippen MR) is 63.6 cm³/mol. The standard InChI is InChI=1S/C12H19FS/c1-10-6-4-5-7-11(8-10)14-9-12(2,3)13/h4,6,8,11H,5,7,9H2,1-3H3. The lowest BCUT2D eigenvalue weighted by molar-refractivity contribution is 0.252. The van der Waals surface area contributed by atoms with Gasteiger partial charge in [-0.05, 0) is 33.6 Å². The third kappa shape index (κ3) is 4.85. The lowest BCUT2D eigenvalue weighted by Crippen LogP contribution is -2.17. The van der Waals surface area contributed by atoms with Crippen LogP contribution in [-0.4, -0.2) is 16.7 Å². The van der Waals surface area contributed by atoms with E-state index in [0.29, 0.717) is 11.0 Å². The summed E-state index contributed by atoms with van der Waals surface area (Å²) in [6.45, 7) is 5.40. The summed E-state index contributed by atoms with van der Waals surface area (Å²) in [6, 6.07) is 0. The molecular formula is C12H19FS. The number of alkyl halides is 1. The van der Waals surface area contributed by atoms with Gasteiger partial charge in [0.05, 0.1) is 0 Å². The Bertz CT molecular complexity index is 235. The average molecular weight is 214 g/mol. The molecule has 1 aliphatic carbocycles. The van der Waals surface area contributed by atoms with E-state index in [1.807, 2.05) is 0 Å². The number of thioether (sulfide) groups is 1. The number of halogens is 1. The minimum Gasteiger partial charge on any atom is -0.244 e. The summed E-state index contributed by atoms with van der Waals surface area (Å²) in [4.78, 5) is 0. The smallest absolute Gasteiger partial charge is 0.114 e. The maximum Gasteiger partial charge on any atom is 0.114 e. The molecule has 1 atom stereocenters. The molecule has 1 aliphatic rings. The van der Waals surface area contributed by atoms with Crippen molar-refractivity contribution in [2.24, 2.45) is 0 Å². The van der Waals surface area contributed by atoms with E-state index in [1.165, 1.54) is 5.57 Å². The predicted octanol–water partition coefficient (Wildman–Crippen LogP) is 4.13. The fraction of sp³-hybridized carbons (Fsp3) is 0.667. The molecule has 0 heterocycles. The Hall–Kier alpha value is -0.240. The molecule has 1 rings (SSSR count). The molecule has 0 aromatic heterocycles. The van der Waals surface area contributed by atoms with Crippen molar-refractivity contribution in [3.05, 3.63) is 23.8 Å². The van der Waals surface area contributed by atoms with Gasteiger partial charge in [-0.2, -0.15) is 11.8 Å². The SMILES string of the molecule is CC1=CC(SCC(C)(C)F)CCC=C1. The van der Waals surface area contributed by atoms with Gasteiger partial charge in [0, 0.05) is 11.0 Å².